The molecule has 8 nitrogen and oxygen atoms in total. The molecule has 32 heavy (non-hydrogen) atoms. The maximum atomic E-state index is 13.0. The number of likely N-dealkylation sites (tertiary alicyclic amines) is 1. The lowest BCUT2D eigenvalue weighted by Crippen LogP contribution is -2.28. The molecule has 166 valence electrons. The Bertz CT molecular complexity index is 1030. The number of benzene rings is 2. The van der Waals surface area contributed by atoms with Crippen LogP contribution in [0, 0.1) is 11.3 Å². The number of carbonyl (C=O) groups excluding carboxylic acids is 2. The van der Waals surface area contributed by atoms with Gasteiger partial charge >= 0.3 is 0 Å². The molecule has 2 aromatic rings. The molecule has 8 heteroatoms. The van der Waals surface area contributed by atoms with Crippen molar-refractivity contribution >= 4 is 23.6 Å². The van der Waals surface area contributed by atoms with E-state index in [2.05, 4.69) is 5.32 Å². The van der Waals surface area contributed by atoms with Gasteiger partial charge in [0.15, 0.2) is 18.1 Å². The summed E-state index contributed by atoms with van der Waals surface area (Å²) in [5.41, 5.74) is 1.49. The molecule has 0 atom stereocenters. The normalized spacial score (nSPS) is 13.0. The highest BCUT2D eigenvalue weighted by molar-refractivity contribution is 6.08. The quantitative estimate of drug-likeness (QED) is 0.637. The Balaban J connectivity index is 1.78. The minimum Gasteiger partial charge on any atom is -0.493 e. The van der Waals surface area contributed by atoms with E-state index in [-0.39, 0.29) is 12.5 Å². The van der Waals surface area contributed by atoms with Crippen LogP contribution in [0.3, 0.4) is 0 Å². The van der Waals surface area contributed by atoms with Gasteiger partial charge in [0.2, 0.25) is 5.91 Å². The molecule has 2 aromatic carbocycles. The van der Waals surface area contributed by atoms with Crippen molar-refractivity contribution in [3.05, 3.63) is 53.6 Å². The average Bonchev–Trinajstić information content (AvgIpc) is 3.36. The highest BCUT2D eigenvalue weighted by Crippen LogP contribution is 2.34. The van der Waals surface area contributed by atoms with Gasteiger partial charge < -0.3 is 24.4 Å². The van der Waals surface area contributed by atoms with Crippen LogP contribution in [-0.4, -0.2) is 50.6 Å². The largest absolute Gasteiger partial charge is 0.493 e. The van der Waals surface area contributed by atoms with E-state index in [0.29, 0.717) is 41.6 Å². The number of nitrogens with one attached hydrogen (secondary N) is 1. The van der Waals surface area contributed by atoms with Crippen LogP contribution >= 0.6 is 0 Å². The van der Waals surface area contributed by atoms with Crippen LogP contribution in [0.5, 0.6) is 17.2 Å². The summed E-state index contributed by atoms with van der Waals surface area (Å²) in [6.07, 6.45) is 4.95. The smallest absolute Gasteiger partial charge is 0.256 e. The highest BCUT2D eigenvalue weighted by atomic mass is 16.5. The first-order valence-electron chi connectivity index (χ1n) is 10.2. The first kappa shape index (κ1) is 22.7. The van der Waals surface area contributed by atoms with Gasteiger partial charge in [-0.15, -0.1) is 0 Å². The Hall–Kier alpha value is -3.99. The van der Waals surface area contributed by atoms with Crippen molar-refractivity contribution in [2.75, 3.05) is 39.2 Å². The van der Waals surface area contributed by atoms with E-state index >= 15 is 0 Å². The molecule has 1 saturated heterocycles. The van der Waals surface area contributed by atoms with E-state index in [4.69, 9.17) is 19.5 Å². The van der Waals surface area contributed by atoms with Crippen LogP contribution in [0.4, 0.5) is 5.69 Å². The van der Waals surface area contributed by atoms with Gasteiger partial charge in [0, 0.05) is 25.2 Å². The predicted octanol–water partition coefficient (Wildman–Crippen LogP) is 3.49. The third kappa shape index (κ3) is 5.58. The summed E-state index contributed by atoms with van der Waals surface area (Å²) >= 11 is 0. The topological polar surface area (TPSA) is 101 Å². The summed E-state index contributed by atoms with van der Waals surface area (Å²) in [4.78, 5) is 27.4. The molecule has 1 aliphatic heterocycles. The number of methoxy groups -OCH3 is 2. The Morgan fingerprint density at radius 3 is 2.38 bits per heavy atom. The van der Waals surface area contributed by atoms with Gasteiger partial charge in [-0.25, -0.2) is 0 Å². The number of anilines is 1. The van der Waals surface area contributed by atoms with Crippen molar-refractivity contribution in [2.45, 2.75) is 12.8 Å². The van der Waals surface area contributed by atoms with Crippen LogP contribution in [0.25, 0.3) is 6.08 Å². The first-order valence-corrected chi connectivity index (χ1v) is 10.2. The van der Waals surface area contributed by atoms with Crippen LogP contribution in [0.15, 0.2) is 42.5 Å². The summed E-state index contributed by atoms with van der Waals surface area (Å²) in [6, 6.07) is 12.1. The zero-order chi connectivity index (χ0) is 22.9. The molecule has 2 amide bonds. The maximum absolute atomic E-state index is 13.0. The van der Waals surface area contributed by atoms with E-state index in [1.165, 1.54) is 20.3 Å². The number of ether oxygens (including phenoxy) is 3. The Morgan fingerprint density at radius 2 is 1.75 bits per heavy atom. The number of carbonyl (C=O) groups is 2. The summed E-state index contributed by atoms with van der Waals surface area (Å²) in [6.45, 7) is 1.35. The van der Waals surface area contributed by atoms with Gasteiger partial charge in [-0.3, -0.25) is 9.59 Å². The monoisotopic (exact) mass is 435 g/mol. The Labute approximate surface area is 187 Å². The van der Waals surface area contributed by atoms with Crippen molar-refractivity contribution in [2.24, 2.45) is 0 Å². The van der Waals surface area contributed by atoms with E-state index in [9.17, 15) is 9.59 Å². The first-order chi connectivity index (χ1) is 15.5. The fraction of sp³-hybridized carbons (Fsp3) is 0.292. The maximum Gasteiger partial charge on any atom is 0.256 e. The van der Waals surface area contributed by atoms with Crippen molar-refractivity contribution in [1.82, 2.24) is 4.90 Å². The number of hydrogen-bond donors (Lipinski definition) is 1. The predicted molar refractivity (Wildman–Crippen MR) is 120 cm³/mol. The minimum absolute atomic E-state index is 0.0264. The number of hydrogen-bond acceptors (Lipinski definition) is 6. The fourth-order valence-corrected chi connectivity index (χ4v) is 3.39. The number of rotatable bonds is 8. The van der Waals surface area contributed by atoms with Crippen molar-refractivity contribution in [3.8, 4) is 23.3 Å². The van der Waals surface area contributed by atoms with Gasteiger partial charge in [0.05, 0.1) is 25.5 Å². The third-order valence-corrected chi connectivity index (χ3v) is 5.02. The number of nitrogens with zero attached hydrogens (tertiary/aromatic N) is 2. The summed E-state index contributed by atoms with van der Waals surface area (Å²) in [5.74, 6) is 0.858. The molecular formula is C24H25N3O5. The summed E-state index contributed by atoms with van der Waals surface area (Å²) < 4.78 is 15.9. The van der Waals surface area contributed by atoms with Gasteiger partial charge in [0.1, 0.15) is 11.8 Å². The standard InChI is InChI=1S/C24H25N3O5/c1-30-21-15-19(24(29)27-12-3-4-13-27)20(16-22(21)31-2)26-23(28)10-7-17-5-8-18(9-6-17)32-14-11-25/h5-10,15-16H,3-4,12-14H2,1-2H3,(H,26,28)/b10-7+. The molecule has 0 radical (unpaired) electrons. The molecule has 1 N–H and O–H groups in total. The molecule has 1 heterocycles. The van der Waals surface area contributed by atoms with Crippen LogP contribution < -0.4 is 19.5 Å². The lowest BCUT2D eigenvalue weighted by Gasteiger charge is -2.19. The van der Waals surface area contributed by atoms with Crippen LogP contribution in [-0.2, 0) is 4.79 Å². The fourth-order valence-electron chi connectivity index (χ4n) is 3.39. The average molecular weight is 435 g/mol. The van der Waals surface area contributed by atoms with Crippen LogP contribution in [0.1, 0.15) is 28.8 Å². The lowest BCUT2D eigenvalue weighted by molar-refractivity contribution is -0.111. The minimum atomic E-state index is -0.391. The molecule has 1 fully saturated rings. The van der Waals surface area contributed by atoms with E-state index in [1.54, 1.807) is 47.4 Å². The molecule has 0 aliphatic carbocycles. The number of nitriles is 1. The molecule has 0 spiro atoms. The van der Waals surface area contributed by atoms with Gasteiger partial charge in [-0.05, 0) is 42.7 Å². The second-order valence-corrected chi connectivity index (χ2v) is 7.09. The second-order valence-electron chi connectivity index (χ2n) is 7.09. The Morgan fingerprint density at radius 1 is 1.09 bits per heavy atom. The molecule has 0 aromatic heterocycles. The lowest BCUT2D eigenvalue weighted by atomic mass is 10.1. The van der Waals surface area contributed by atoms with Crippen LogP contribution in [0.2, 0.25) is 0 Å². The zero-order valence-electron chi connectivity index (χ0n) is 18.1. The van der Waals surface area contributed by atoms with Gasteiger partial charge in [0.25, 0.3) is 5.91 Å². The van der Waals surface area contributed by atoms with Crippen molar-refractivity contribution < 1.29 is 23.8 Å². The zero-order valence-corrected chi connectivity index (χ0v) is 18.1. The second kappa shape index (κ2) is 10.9. The van der Waals surface area contributed by atoms with Gasteiger partial charge in [-0.1, -0.05) is 12.1 Å². The SMILES string of the molecule is COc1cc(NC(=O)/C=C/c2ccc(OCC#N)cc2)c(C(=O)N2CCCC2)cc1OC. The third-order valence-electron chi connectivity index (χ3n) is 5.02. The van der Waals surface area contributed by atoms with Gasteiger partial charge in [-0.2, -0.15) is 5.26 Å². The van der Waals surface area contributed by atoms with E-state index in [1.807, 2.05) is 6.07 Å². The van der Waals surface area contributed by atoms with Crippen molar-refractivity contribution in [1.29, 1.82) is 5.26 Å². The Kier molecular flexibility index (Phi) is 7.70. The molecule has 0 unspecified atom stereocenters. The number of amides is 2. The van der Waals surface area contributed by atoms with E-state index in [0.717, 1.165) is 18.4 Å². The van der Waals surface area contributed by atoms with E-state index < -0.39 is 5.91 Å². The summed E-state index contributed by atoms with van der Waals surface area (Å²) in [5, 5.41) is 11.3. The molecule has 0 saturated carbocycles. The molecule has 0 bridgehead atoms. The molecular weight excluding hydrogens is 410 g/mol. The van der Waals surface area contributed by atoms with Crippen molar-refractivity contribution in [3.63, 3.8) is 0 Å². The summed E-state index contributed by atoms with van der Waals surface area (Å²) in [7, 11) is 2.99. The molecule has 1 aliphatic rings. The molecule has 3 rings (SSSR count). The highest BCUT2D eigenvalue weighted by Gasteiger charge is 2.24.